The van der Waals surface area contributed by atoms with Gasteiger partial charge >= 0.3 is 0 Å². The van der Waals surface area contributed by atoms with Crippen LogP contribution in [0.2, 0.25) is 0 Å². The molecule has 0 radical (unpaired) electrons. The number of rotatable bonds is 21. The molecule has 4 aromatic rings. The molecule has 2 amide bonds. The largest absolute Gasteiger partial charge is 0.382 e. The van der Waals surface area contributed by atoms with Crippen molar-refractivity contribution in [1.82, 2.24) is 35.4 Å². The number of nitrogen functional groups attached to an aromatic ring is 1. The molecule has 11 nitrogen and oxygen atoms in total. The number of unbranched alkanes of at least 4 members (excludes halogenated alkanes) is 3. The molecule has 0 saturated heterocycles. The Balaban J connectivity index is 1.18. The third kappa shape index (κ3) is 11.1. The topological polar surface area (TPSA) is 147 Å². The van der Waals surface area contributed by atoms with Crippen molar-refractivity contribution in [1.29, 1.82) is 0 Å². The number of hydrogen-bond donors (Lipinski definition) is 4. The molecule has 0 aliphatic heterocycles. The molecule has 2 aromatic carbocycles. The van der Waals surface area contributed by atoms with E-state index >= 15 is 0 Å². The van der Waals surface area contributed by atoms with Crippen molar-refractivity contribution in [3.05, 3.63) is 65.5 Å². The van der Waals surface area contributed by atoms with Gasteiger partial charge in [-0.05, 0) is 83.3 Å². The Hall–Kier alpha value is -4.35. The highest BCUT2D eigenvalue weighted by Gasteiger charge is 2.17. The van der Waals surface area contributed by atoms with Crippen LogP contribution in [-0.2, 0) is 40.3 Å². The minimum absolute atomic E-state index is 0.0483. The number of hydrogen-bond acceptors (Lipinski definition) is 8. The van der Waals surface area contributed by atoms with Gasteiger partial charge in [-0.25, -0.2) is 9.97 Å². The number of Topliss-reactive ketones (excluding diaryl/α,β-unsaturated/α-hetero) is 1. The molecular formula is C38H54N8O3. The van der Waals surface area contributed by atoms with E-state index in [1.807, 2.05) is 30.3 Å². The number of likely N-dealkylation sites (N-methyl/N-ethyl adjacent to an activating group) is 1. The number of carbonyl (C=O) groups is 3. The summed E-state index contributed by atoms with van der Waals surface area (Å²) in [5.74, 6) is 1.30. The number of aryl methyl sites for hydroxylation is 2. The molecule has 0 aliphatic carbocycles. The number of anilines is 1. The van der Waals surface area contributed by atoms with Crippen molar-refractivity contribution in [3.63, 3.8) is 0 Å². The number of pyridine rings is 1. The van der Waals surface area contributed by atoms with Crippen LogP contribution in [0.3, 0.4) is 0 Å². The Kier molecular flexibility index (Phi) is 14.5. The van der Waals surface area contributed by atoms with E-state index in [-0.39, 0.29) is 36.6 Å². The van der Waals surface area contributed by atoms with E-state index in [9.17, 15) is 14.4 Å². The number of para-hydroxylation sites is 1. The first-order valence-corrected chi connectivity index (χ1v) is 17.7. The lowest BCUT2D eigenvalue weighted by atomic mass is 10.1. The van der Waals surface area contributed by atoms with E-state index in [0.29, 0.717) is 12.4 Å². The molecule has 264 valence electrons. The number of nitrogens with zero attached hydrogens (tertiary/aromatic N) is 4. The number of nitrogens with one attached hydrogen (secondary N) is 3. The van der Waals surface area contributed by atoms with Crippen LogP contribution in [-0.4, -0.2) is 76.8 Å². The Labute approximate surface area is 290 Å². The predicted octanol–water partition coefficient (Wildman–Crippen LogP) is 4.54. The molecule has 0 spiro atoms. The van der Waals surface area contributed by atoms with Gasteiger partial charge in [-0.1, -0.05) is 55.8 Å². The second-order valence-electron chi connectivity index (χ2n) is 13.0. The maximum absolute atomic E-state index is 12.4. The Morgan fingerprint density at radius 2 is 1.67 bits per heavy atom. The molecule has 1 atom stereocenters. The minimum Gasteiger partial charge on any atom is -0.382 e. The van der Waals surface area contributed by atoms with Gasteiger partial charge in [0, 0.05) is 31.4 Å². The average molecular weight is 671 g/mol. The highest BCUT2D eigenvalue weighted by molar-refractivity contribution is 6.06. The number of benzene rings is 2. The van der Waals surface area contributed by atoms with Crippen molar-refractivity contribution in [2.24, 2.45) is 0 Å². The number of aromatic nitrogens is 3. The third-order valence-electron chi connectivity index (χ3n) is 8.98. The van der Waals surface area contributed by atoms with Gasteiger partial charge in [-0.15, -0.1) is 0 Å². The lowest BCUT2D eigenvalue weighted by Crippen LogP contribution is -2.38. The number of nitrogens with two attached hydrogens (primary N) is 1. The summed E-state index contributed by atoms with van der Waals surface area (Å²) < 4.78 is 2.37. The van der Waals surface area contributed by atoms with Crippen molar-refractivity contribution >= 4 is 45.4 Å². The molecule has 2 heterocycles. The molecule has 0 fully saturated rings. The molecule has 0 aliphatic rings. The Morgan fingerprint density at radius 3 is 2.41 bits per heavy atom. The van der Waals surface area contributed by atoms with E-state index in [4.69, 9.17) is 10.7 Å². The molecule has 5 N–H and O–H groups in total. The zero-order chi connectivity index (χ0) is 35.2. The highest BCUT2D eigenvalue weighted by atomic mass is 16.2. The van der Waals surface area contributed by atoms with Gasteiger partial charge in [0.2, 0.25) is 11.8 Å². The quantitative estimate of drug-likeness (QED) is 0.0945. The SMILES string of the molecule is CCCCc1nc2c(N)nc3ccccc3c2n1CCCCN(C)Cc1ccc(CC(=O)NCC(=O)NCCCCC(NC)C(C)=O)cc1. The molecule has 49 heavy (non-hydrogen) atoms. The monoisotopic (exact) mass is 670 g/mol. The van der Waals surface area contributed by atoms with Gasteiger partial charge in [-0.2, -0.15) is 0 Å². The van der Waals surface area contributed by atoms with Gasteiger partial charge < -0.3 is 31.2 Å². The first-order chi connectivity index (χ1) is 23.7. The molecule has 2 aromatic heterocycles. The Morgan fingerprint density at radius 1 is 0.918 bits per heavy atom. The zero-order valence-electron chi connectivity index (χ0n) is 29.7. The van der Waals surface area contributed by atoms with Gasteiger partial charge in [0.1, 0.15) is 17.1 Å². The van der Waals surface area contributed by atoms with E-state index in [2.05, 4.69) is 62.6 Å². The van der Waals surface area contributed by atoms with Crippen LogP contribution >= 0.6 is 0 Å². The predicted molar refractivity (Wildman–Crippen MR) is 197 cm³/mol. The van der Waals surface area contributed by atoms with Gasteiger partial charge in [-0.3, -0.25) is 14.4 Å². The van der Waals surface area contributed by atoms with Crippen LogP contribution in [0, 0.1) is 0 Å². The summed E-state index contributed by atoms with van der Waals surface area (Å²) >= 11 is 0. The van der Waals surface area contributed by atoms with Gasteiger partial charge in [0.15, 0.2) is 5.82 Å². The molecule has 11 heteroatoms. The average Bonchev–Trinajstić information content (AvgIpc) is 3.46. The maximum atomic E-state index is 12.4. The van der Waals surface area contributed by atoms with E-state index in [1.54, 1.807) is 14.0 Å². The van der Waals surface area contributed by atoms with Crippen LogP contribution < -0.4 is 21.7 Å². The third-order valence-corrected chi connectivity index (χ3v) is 8.98. The first-order valence-electron chi connectivity index (χ1n) is 17.7. The van der Waals surface area contributed by atoms with Crippen LogP contribution in [0.5, 0.6) is 0 Å². The van der Waals surface area contributed by atoms with Gasteiger partial charge in [0.25, 0.3) is 0 Å². The normalized spacial score (nSPS) is 12.1. The summed E-state index contributed by atoms with van der Waals surface area (Å²) in [6.07, 6.45) is 7.77. The zero-order valence-corrected chi connectivity index (χ0v) is 29.7. The molecule has 1 unspecified atom stereocenters. The summed E-state index contributed by atoms with van der Waals surface area (Å²) in [7, 11) is 3.91. The van der Waals surface area contributed by atoms with Crippen molar-refractivity contribution in [2.45, 2.75) is 90.8 Å². The van der Waals surface area contributed by atoms with Crippen molar-refractivity contribution in [2.75, 3.05) is 39.5 Å². The summed E-state index contributed by atoms with van der Waals surface area (Å²) in [5, 5.41) is 9.63. The number of carbonyl (C=O) groups excluding carboxylic acids is 3. The molecule has 0 bridgehead atoms. The molecule has 0 saturated carbocycles. The highest BCUT2D eigenvalue weighted by Crippen LogP contribution is 2.29. The number of amides is 2. The fraction of sp³-hybridized carbons (Fsp3) is 0.500. The molecule has 4 rings (SSSR count). The van der Waals surface area contributed by atoms with Crippen LogP contribution in [0.1, 0.15) is 75.7 Å². The summed E-state index contributed by atoms with van der Waals surface area (Å²) in [6, 6.07) is 16.1. The van der Waals surface area contributed by atoms with Crippen molar-refractivity contribution in [3.8, 4) is 0 Å². The van der Waals surface area contributed by atoms with Gasteiger partial charge in [0.05, 0.1) is 30.0 Å². The second kappa shape index (κ2) is 19.0. The van der Waals surface area contributed by atoms with E-state index in [1.165, 1.54) is 5.56 Å². The molecular weight excluding hydrogens is 616 g/mol. The second-order valence-corrected chi connectivity index (χ2v) is 13.0. The first kappa shape index (κ1) is 37.5. The smallest absolute Gasteiger partial charge is 0.239 e. The summed E-state index contributed by atoms with van der Waals surface area (Å²) in [4.78, 5) is 47.9. The van der Waals surface area contributed by atoms with E-state index in [0.717, 1.165) is 104 Å². The summed E-state index contributed by atoms with van der Waals surface area (Å²) in [6.45, 7) is 6.91. The number of ketones is 1. The Bertz CT molecular complexity index is 1680. The van der Waals surface area contributed by atoms with Crippen LogP contribution in [0.15, 0.2) is 48.5 Å². The van der Waals surface area contributed by atoms with Crippen LogP contribution in [0.4, 0.5) is 5.82 Å². The minimum atomic E-state index is -0.214. The fourth-order valence-electron chi connectivity index (χ4n) is 6.22. The lowest BCUT2D eigenvalue weighted by Gasteiger charge is -2.17. The number of fused-ring (bicyclic) bond motifs is 3. The standard InChI is InChI=1S/C38H54N8O3/c1-5-6-16-33-44-36-37(30-13-7-8-15-32(30)43-38(36)39)46(33)23-12-11-22-45(4)26-29-19-17-28(18-20-29)24-34(48)42-25-35(49)41-21-10-9-14-31(40-3)27(2)47/h7-8,13,15,17-20,31,40H,5-6,9-12,14,16,21-26H2,1-4H3,(H2,39,43)(H,41,49)(H,42,48). The maximum Gasteiger partial charge on any atom is 0.239 e. The fourth-order valence-corrected chi connectivity index (χ4v) is 6.22. The van der Waals surface area contributed by atoms with Crippen LogP contribution in [0.25, 0.3) is 21.9 Å². The number of imidazole rings is 1. The summed E-state index contributed by atoms with van der Waals surface area (Å²) in [5.41, 5.74) is 11.3. The van der Waals surface area contributed by atoms with Crippen molar-refractivity contribution < 1.29 is 14.4 Å². The lowest BCUT2D eigenvalue weighted by molar-refractivity contribution is -0.125. The van der Waals surface area contributed by atoms with E-state index < -0.39 is 0 Å².